The zero-order chi connectivity index (χ0) is 15.5. The first-order valence-electron chi connectivity index (χ1n) is 6.35. The molecule has 0 aliphatic rings. The third-order valence-electron chi connectivity index (χ3n) is 2.92. The van der Waals surface area contributed by atoms with Gasteiger partial charge in [0.25, 0.3) is 0 Å². The minimum Gasteiger partial charge on any atom is -0.478 e. The van der Waals surface area contributed by atoms with E-state index in [0.717, 1.165) is 10.6 Å². The van der Waals surface area contributed by atoms with Crippen LogP contribution in [0.2, 0.25) is 0 Å². The Hall–Kier alpha value is -1.83. The Labute approximate surface area is 139 Å². The van der Waals surface area contributed by atoms with Crippen molar-refractivity contribution in [3.8, 4) is 0 Å². The fourth-order valence-corrected chi connectivity index (χ4v) is 4.78. The maximum atomic E-state index is 10.8. The highest BCUT2D eigenvalue weighted by Gasteiger charge is 2.05. The van der Waals surface area contributed by atoms with Crippen LogP contribution in [-0.2, 0) is 0 Å². The Balaban J connectivity index is 1.67. The molecule has 3 aromatic rings. The molecule has 0 atom stereocenters. The van der Waals surface area contributed by atoms with Gasteiger partial charge in [0.15, 0.2) is 0 Å². The molecule has 112 valence electrons. The number of nitrogens with one attached hydrogen (secondary N) is 1. The van der Waals surface area contributed by atoms with Gasteiger partial charge < -0.3 is 5.11 Å². The van der Waals surface area contributed by atoms with Crippen molar-refractivity contribution >= 4 is 61.7 Å². The lowest BCUT2D eigenvalue weighted by atomic mass is 10.2. The molecule has 7 heteroatoms. The van der Waals surface area contributed by atoms with E-state index in [2.05, 4.69) is 28.9 Å². The molecule has 0 saturated carbocycles. The van der Waals surface area contributed by atoms with Crippen LogP contribution in [0.3, 0.4) is 0 Å². The van der Waals surface area contributed by atoms with Crippen LogP contribution in [0.5, 0.6) is 0 Å². The molecule has 0 aliphatic heterocycles. The van der Waals surface area contributed by atoms with E-state index in [4.69, 9.17) is 5.11 Å². The van der Waals surface area contributed by atoms with Crippen molar-refractivity contribution in [1.82, 2.24) is 0 Å². The van der Waals surface area contributed by atoms with Gasteiger partial charge in [0, 0.05) is 14.3 Å². The maximum absolute atomic E-state index is 10.8. The molecule has 0 saturated heterocycles. The molecule has 0 aliphatic carbocycles. The van der Waals surface area contributed by atoms with E-state index in [-0.39, 0.29) is 5.56 Å². The fraction of sp³-hybridized carbons (Fsp3) is 0.0667. The smallest absolute Gasteiger partial charge is 0.335 e. The van der Waals surface area contributed by atoms with Crippen molar-refractivity contribution in [2.24, 2.45) is 5.10 Å². The molecule has 0 spiro atoms. The van der Waals surface area contributed by atoms with Gasteiger partial charge in [-0.15, -0.1) is 34.4 Å². The Morgan fingerprint density at radius 3 is 2.59 bits per heavy atom. The SMILES string of the molecule is CSc1cc2sc(C=NNc3ccc(C(=O)O)cc3)cc2s1. The molecule has 22 heavy (non-hydrogen) atoms. The molecule has 0 fully saturated rings. The van der Waals surface area contributed by atoms with Crippen molar-refractivity contribution < 1.29 is 9.90 Å². The maximum Gasteiger partial charge on any atom is 0.335 e. The second-order valence-corrected chi connectivity index (χ2v) is 7.70. The summed E-state index contributed by atoms with van der Waals surface area (Å²) in [6.45, 7) is 0. The van der Waals surface area contributed by atoms with Gasteiger partial charge in [-0.25, -0.2) is 4.79 Å². The summed E-state index contributed by atoms with van der Waals surface area (Å²) in [5, 5.41) is 13.0. The predicted octanol–water partition coefficient (Wildman–Crippen LogP) is 4.83. The monoisotopic (exact) mass is 348 g/mol. The highest BCUT2D eigenvalue weighted by atomic mass is 32.2. The first-order valence-corrected chi connectivity index (χ1v) is 9.21. The van der Waals surface area contributed by atoms with E-state index in [9.17, 15) is 4.79 Å². The summed E-state index contributed by atoms with van der Waals surface area (Å²) in [6, 6.07) is 10.8. The molecule has 1 aromatic carbocycles. The van der Waals surface area contributed by atoms with Crippen molar-refractivity contribution in [3.05, 3.63) is 46.8 Å². The zero-order valence-electron chi connectivity index (χ0n) is 11.6. The number of rotatable bonds is 5. The first-order chi connectivity index (χ1) is 10.7. The average molecular weight is 348 g/mol. The van der Waals surface area contributed by atoms with E-state index in [1.807, 2.05) is 0 Å². The fourth-order valence-electron chi connectivity index (χ4n) is 1.85. The average Bonchev–Trinajstić information content (AvgIpc) is 3.05. The van der Waals surface area contributed by atoms with Crippen LogP contribution in [0.4, 0.5) is 5.69 Å². The first kappa shape index (κ1) is 15.1. The zero-order valence-corrected chi connectivity index (χ0v) is 14.0. The largest absolute Gasteiger partial charge is 0.478 e. The van der Waals surface area contributed by atoms with E-state index in [1.54, 1.807) is 64.9 Å². The van der Waals surface area contributed by atoms with Gasteiger partial charge in [0.2, 0.25) is 0 Å². The topological polar surface area (TPSA) is 61.7 Å². The molecule has 2 heterocycles. The summed E-state index contributed by atoms with van der Waals surface area (Å²) in [6.07, 6.45) is 3.86. The van der Waals surface area contributed by atoms with Crippen LogP contribution in [0.25, 0.3) is 9.40 Å². The van der Waals surface area contributed by atoms with E-state index in [0.29, 0.717) is 0 Å². The van der Waals surface area contributed by atoms with Gasteiger partial charge >= 0.3 is 5.97 Å². The van der Waals surface area contributed by atoms with Gasteiger partial charge in [-0.05, 0) is 42.7 Å². The number of nitrogens with zero attached hydrogens (tertiary/aromatic N) is 1. The molecule has 3 rings (SSSR count). The van der Waals surface area contributed by atoms with Gasteiger partial charge in [-0.1, -0.05) is 0 Å². The molecular formula is C15H12N2O2S3. The highest BCUT2D eigenvalue weighted by molar-refractivity contribution is 8.00. The minimum absolute atomic E-state index is 0.262. The second kappa shape index (κ2) is 6.51. The Kier molecular flexibility index (Phi) is 4.47. The molecule has 0 amide bonds. The third kappa shape index (κ3) is 3.32. The van der Waals surface area contributed by atoms with Crippen molar-refractivity contribution in [3.63, 3.8) is 0 Å². The summed E-state index contributed by atoms with van der Waals surface area (Å²) in [7, 11) is 0. The lowest BCUT2D eigenvalue weighted by Crippen LogP contribution is -1.96. The van der Waals surface area contributed by atoms with Crippen LogP contribution in [0.1, 0.15) is 15.2 Å². The number of benzene rings is 1. The number of thioether (sulfide) groups is 1. The summed E-state index contributed by atoms with van der Waals surface area (Å²) in [5.74, 6) is -0.932. The van der Waals surface area contributed by atoms with Crippen LogP contribution < -0.4 is 5.43 Å². The minimum atomic E-state index is -0.932. The number of hydrogen-bond acceptors (Lipinski definition) is 6. The van der Waals surface area contributed by atoms with Gasteiger partial charge in [0.05, 0.1) is 21.7 Å². The molecule has 4 nitrogen and oxygen atoms in total. The van der Waals surface area contributed by atoms with Crippen LogP contribution in [-0.4, -0.2) is 23.5 Å². The van der Waals surface area contributed by atoms with Crippen molar-refractivity contribution in [1.29, 1.82) is 0 Å². The van der Waals surface area contributed by atoms with Gasteiger partial charge in [0.1, 0.15) is 0 Å². The number of carbonyl (C=O) groups is 1. The summed E-state index contributed by atoms with van der Waals surface area (Å²) >= 11 is 5.25. The van der Waals surface area contributed by atoms with E-state index >= 15 is 0 Å². The van der Waals surface area contributed by atoms with Crippen LogP contribution in [0.15, 0.2) is 45.7 Å². The summed E-state index contributed by atoms with van der Waals surface area (Å²) in [5.41, 5.74) is 3.92. The molecular weight excluding hydrogens is 336 g/mol. The van der Waals surface area contributed by atoms with Crippen molar-refractivity contribution in [2.45, 2.75) is 4.21 Å². The standard InChI is InChI=1S/C15H12N2O2S3/c1-20-14-7-13-12(22-14)6-11(21-13)8-16-17-10-4-2-9(3-5-10)15(18)19/h2-8,17H,1H3,(H,18,19). The van der Waals surface area contributed by atoms with Crippen LogP contribution in [0, 0.1) is 0 Å². The Morgan fingerprint density at radius 2 is 1.95 bits per heavy atom. The summed E-state index contributed by atoms with van der Waals surface area (Å²) < 4.78 is 3.88. The predicted molar refractivity (Wildman–Crippen MR) is 96.1 cm³/mol. The Bertz CT molecular complexity index is 803. The number of fused-ring (bicyclic) bond motifs is 1. The normalized spacial score (nSPS) is 11.3. The quantitative estimate of drug-likeness (QED) is 0.394. The van der Waals surface area contributed by atoms with E-state index < -0.39 is 5.97 Å². The molecule has 0 radical (unpaired) electrons. The number of thiophene rings is 2. The highest BCUT2D eigenvalue weighted by Crippen LogP contribution is 2.36. The summed E-state index contributed by atoms with van der Waals surface area (Å²) in [4.78, 5) is 11.9. The van der Waals surface area contributed by atoms with Gasteiger partial charge in [-0.2, -0.15) is 5.10 Å². The van der Waals surface area contributed by atoms with E-state index in [1.165, 1.54) is 13.6 Å². The number of hydrazone groups is 1. The lowest BCUT2D eigenvalue weighted by Gasteiger charge is -1.99. The number of hydrogen-bond donors (Lipinski definition) is 2. The number of carboxylic acid groups (broad SMARTS) is 1. The Morgan fingerprint density at radius 1 is 1.23 bits per heavy atom. The molecule has 0 unspecified atom stereocenters. The molecule has 2 aromatic heterocycles. The number of aromatic carboxylic acids is 1. The third-order valence-corrected chi connectivity index (χ3v) is 6.21. The second-order valence-electron chi connectivity index (χ2n) is 4.40. The number of carboxylic acids is 1. The molecule has 0 bridgehead atoms. The lowest BCUT2D eigenvalue weighted by molar-refractivity contribution is 0.0697. The van der Waals surface area contributed by atoms with Crippen LogP contribution >= 0.6 is 34.4 Å². The van der Waals surface area contributed by atoms with Crippen molar-refractivity contribution in [2.75, 3.05) is 11.7 Å². The molecule has 2 N–H and O–H groups in total. The number of anilines is 1. The van der Waals surface area contributed by atoms with Gasteiger partial charge in [-0.3, -0.25) is 5.43 Å².